The van der Waals surface area contributed by atoms with E-state index >= 15 is 0 Å². The Bertz CT molecular complexity index is 778. The number of nitrogens with one attached hydrogen (secondary N) is 1. The molecule has 1 aromatic heterocycles. The molecule has 1 saturated carbocycles. The molecule has 0 aliphatic heterocycles. The number of aromatic nitrogens is 1. The number of benzene rings is 1. The summed E-state index contributed by atoms with van der Waals surface area (Å²) in [7, 11) is 3.02. The molecule has 1 heterocycles. The van der Waals surface area contributed by atoms with E-state index in [9.17, 15) is 9.59 Å². The highest BCUT2D eigenvalue weighted by atomic mass is 16.5. The van der Waals surface area contributed by atoms with E-state index in [0.717, 1.165) is 32.1 Å². The van der Waals surface area contributed by atoms with Gasteiger partial charge in [-0.25, -0.2) is 0 Å². The van der Waals surface area contributed by atoms with E-state index in [2.05, 4.69) is 10.5 Å². The topological polar surface area (TPSA) is 93.9 Å². The number of rotatable bonds is 7. The number of carbonyl (C=O) groups excluding carboxylic acids is 2. The van der Waals surface area contributed by atoms with Crippen LogP contribution < -0.4 is 14.8 Å². The van der Waals surface area contributed by atoms with Crippen molar-refractivity contribution in [2.24, 2.45) is 0 Å². The van der Waals surface area contributed by atoms with Crippen molar-refractivity contribution < 1.29 is 23.6 Å². The van der Waals surface area contributed by atoms with Crippen LogP contribution in [0.1, 0.15) is 42.5 Å². The molecule has 0 atom stereocenters. The monoisotopic (exact) mass is 387 g/mol. The quantitative estimate of drug-likeness (QED) is 0.785. The van der Waals surface area contributed by atoms with Crippen LogP contribution in [0.3, 0.4) is 0 Å². The average molecular weight is 387 g/mol. The summed E-state index contributed by atoms with van der Waals surface area (Å²) >= 11 is 0. The zero-order chi connectivity index (χ0) is 19.9. The maximum atomic E-state index is 13.5. The summed E-state index contributed by atoms with van der Waals surface area (Å²) in [5.74, 6) is 0.540. The Labute approximate surface area is 163 Å². The van der Waals surface area contributed by atoms with Crippen LogP contribution >= 0.6 is 0 Å². The minimum atomic E-state index is -0.332. The number of carbonyl (C=O) groups is 2. The molecule has 3 rings (SSSR count). The van der Waals surface area contributed by atoms with Gasteiger partial charge in [0.2, 0.25) is 5.91 Å². The third-order valence-electron chi connectivity index (χ3n) is 4.94. The van der Waals surface area contributed by atoms with Gasteiger partial charge >= 0.3 is 0 Å². The number of amides is 2. The van der Waals surface area contributed by atoms with E-state index in [0.29, 0.717) is 22.9 Å². The lowest BCUT2D eigenvalue weighted by Crippen LogP contribution is -2.46. The van der Waals surface area contributed by atoms with Gasteiger partial charge in [0.25, 0.3) is 5.91 Å². The van der Waals surface area contributed by atoms with Gasteiger partial charge < -0.3 is 24.2 Å². The van der Waals surface area contributed by atoms with E-state index in [-0.39, 0.29) is 24.4 Å². The Balaban J connectivity index is 1.88. The predicted octanol–water partition coefficient (Wildman–Crippen LogP) is 3.11. The molecular formula is C20H25N3O5. The van der Waals surface area contributed by atoms with Crippen molar-refractivity contribution in [2.75, 3.05) is 26.1 Å². The Morgan fingerprint density at radius 2 is 1.82 bits per heavy atom. The van der Waals surface area contributed by atoms with Gasteiger partial charge in [-0.15, -0.1) is 0 Å². The third-order valence-corrected chi connectivity index (χ3v) is 4.94. The molecule has 0 bridgehead atoms. The molecule has 1 fully saturated rings. The first kappa shape index (κ1) is 19.7. The molecule has 1 aliphatic rings. The molecule has 1 N–H and O–H groups in total. The predicted molar refractivity (Wildman–Crippen MR) is 103 cm³/mol. The van der Waals surface area contributed by atoms with Gasteiger partial charge in [0.15, 0.2) is 5.82 Å². The van der Waals surface area contributed by atoms with Crippen LogP contribution in [0.4, 0.5) is 5.82 Å². The van der Waals surface area contributed by atoms with Crippen molar-refractivity contribution in [3.05, 3.63) is 36.1 Å². The van der Waals surface area contributed by atoms with Crippen molar-refractivity contribution in [3.8, 4) is 11.5 Å². The second kappa shape index (κ2) is 9.25. The molecule has 0 radical (unpaired) electrons. The first-order chi connectivity index (χ1) is 13.6. The normalized spacial score (nSPS) is 14.4. The highest BCUT2D eigenvalue weighted by molar-refractivity contribution is 6.02. The van der Waals surface area contributed by atoms with Crippen LogP contribution in [0.5, 0.6) is 11.5 Å². The summed E-state index contributed by atoms with van der Waals surface area (Å²) in [6.45, 7) is -0.0858. The highest BCUT2D eigenvalue weighted by Crippen LogP contribution is 2.32. The summed E-state index contributed by atoms with van der Waals surface area (Å²) in [5, 5.41) is 6.34. The van der Waals surface area contributed by atoms with Crippen molar-refractivity contribution in [1.29, 1.82) is 0 Å². The van der Waals surface area contributed by atoms with E-state index in [4.69, 9.17) is 14.0 Å². The Morgan fingerprint density at radius 3 is 2.39 bits per heavy atom. The van der Waals surface area contributed by atoms with Crippen LogP contribution in [0.2, 0.25) is 0 Å². The van der Waals surface area contributed by atoms with Crippen LogP contribution in [0.25, 0.3) is 0 Å². The Hall–Kier alpha value is -3.03. The van der Waals surface area contributed by atoms with E-state index < -0.39 is 0 Å². The zero-order valence-electron chi connectivity index (χ0n) is 16.1. The number of hydrogen-bond acceptors (Lipinski definition) is 6. The summed E-state index contributed by atoms with van der Waals surface area (Å²) in [4.78, 5) is 27.7. The fourth-order valence-corrected chi connectivity index (χ4v) is 3.58. The van der Waals surface area contributed by atoms with Crippen LogP contribution in [0, 0.1) is 0 Å². The summed E-state index contributed by atoms with van der Waals surface area (Å²) < 4.78 is 15.5. The summed E-state index contributed by atoms with van der Waals surface area (Å²) in [6.07, 6.45) is 6.30. The number of anilines is 1. The molecule has 150 valence electrons. The Morgan fingerprint density at radius 1 is 1.14 bits per heavy atom. The first-order valence-corrected chi connectivity index (χ1v) is 9.36. The van der Waals surface area contributed by atoms with E-state index in [1.54, 1.807) is 29.2 Å². The lowest BCUT2D eigenvalue weighted by atomic mass is 9.93. The number of ether oxygens (including phenoxy) is 2. The van der Waals surface area contributed by atoms with Gasteiger partial charge in [0.05, 0.1) is 14.2 Å². The van der Waals surface area contributed by atoms with Gasteiger partial charge in [-0.05, 0) is 25.0 Å². The SMILES string of the molecule is COc1cccc(OC)c1C(=O)N(CC(=O)Nc1ccon1)C1CCCCC1. The molecule has 0 saturated heterocycles. The number of hydrogen-bond donors (Lipinski definition) is 1. The molecule has 0 spiro atoms. The maximum Gasteiger partial charge on any atom is 0.262 e. The second-order valence-corrected chi connectivity index (χ2v) is 6.70. The van der Waals surface area contributed by atoms with Gasteiger partial charge in [0, 0.05) is 12.1 Å². The molecule has 1 aromatic carbocycles. The largest absolute Gasteiger partial charge is 0.496 e. The van der Waals surface area contributed by atoms with Crippen LogP contribution in [-0.4, -0.2) is 48.7 Å². The highest BCUT2D eigenvalue weighted by Gasteiger charge is 2.31. The van der Waals surface area contributed by atoms with Gasteiger partial charge in [0.1, 0.15) is 29.9 Å². The summed E-state index contributed by atoms with van der Waals surface area (Å²) in [5.41, 5.74) is 0.326. The number of methoxy groups -OCH3 is 2. The first-order valence-electron chi connectivity index (χ1n) is 9.36. The van der Waals surface area contributed by atoms with E-state index in [1.165, 1.54) is 20.5 Å². The van der Waals surface area contributed by atoms with Gasteiger partial charge in [-0.1, -0.05) is 30.5 Å². The van der Waals surface area contributed by atoms with E-state index in [1.807, 2.05) is 0 Å². The Kier molecular flexibility index (Phi) is 6.52. The molecule has 1 aliphatic carbocycles. The zero-order valence-corrected chi connectivity index (χ0v) is 16.1. The molecule has 2 amide bonds. The van der Waals surface area contributed by atoms with Gasteiger partial charge in [-0.3, -0.25) is 9.59 Å². The average Bonchev–Trinajstić information content (AvgIpc) is 3.24. The molecule has 2 aromatic rings. The van der Waals surface area contributed by atoms with Gasteiger partial charge in [-0.2, -0.15) is 0 Å². The van der Waals surface area contributed by atoms with Crippen molar-refractivity contribution in [1.82, 2.24) is 10.1 Å². The molecular weight excluding hydrogens is 362 g/mol. The van der Waals surface area contributed by atoms with Crippen LogP contribution in [-0.2, 0) is 4.79 Å². The summed E-state index contributed by atoms with van der Waals surface area (Å²) in [6, 6.07) is 6.72. The lowest BCUT2D eigenvalue weighted by Gasteiger charge is -2.34. The third kappa shape index (κ3) is 4.44. The van der Waals surface area contributed by atoms with Crippen LogP contribution in [0.15, 0.2) is 35.1 Å². The molecule has 8 heteroatoms. The van der Waals surface area contributed by atoms with Crippen molar-refractivity contribution in [2.45, 2.75) is 38.1 Å². The second-order valence-electron chi connectivity index (χ2n) is 6.70. The molecule has 8 nitrogen and oxygen atoms in total. The lowest BCUT2D eigenvalue weighted by molar-refractivity contribution is -0.117. The maximum absolute atomic E-state index is 13.5. The minimum absolute atomic E-state index is 0.0149. The number of nitrogens with zero attached hydrogens (tertiary/aromatic N) is 2. The standard InChI is InChI=1S/C20H25N3O5/c1-26-15-9-6-10-16(27-2)19(15)20(25)23(14-7-4-3-5-8-14)13-18(24)21-17-11-12-28-22-17/h6,9-12,14H,3-5,7-8,13H2,1-2H3,(H,21,22,24). The van der Waals surface area contributed by atoms with Crippen molar-refractivity contribution >= 4 is 17.6 Å². The fourth-order valence-electron chi connectivity index (χ4n) is 3.58. The molecule has 0 unspecified atom stereocenters. The minimum Gasteiger partial charge on any atom is -0.496 e. The smallest absolute Gasteiger partial charge is 0.262 e. The molecule has 28 heavy (non-hydrogen) atoms. The van der Waals surface area contributed by atoms with Crippen molar-refractivity contribution in [3.63, 3.8) is 0 Å². The fraction of sp³-hybridized carbons (Fsp3) is 0.450.